The number of aryl methyl sites for hydroxylation is 1. The summed E-state index contributed by atoms with van der Waals surface area (Å²) in [5.41, 5.74) is 7.87. The molecule has 5 rings (SSSR count). The molecule has 2 N–H and O–H groups in total. The summed E-state index contributed by atoms with van der Waals surface area (Å²) in [4.78, 5) is 18.9. The number of carbonyl (C=O) groups excluding carboxylic acids is 1. The third-order valence-corrected chi connectivity index (χ3v) is 6.49. The lowest BCUT2D eigenvalue weighted by Crippen LogP contribution is -2.10. The van der Waals surface area contributed by atoms with E-state index in [1.165, 1.54) is 51.4 Å². The molecule has 0 radical (unpaired) electrons. The zero-order valence-corrected chi connectivity index (χ0v) is 18.4. The van der Waals surface area contributed by atoms with Crippen LogP contribution in [-0.4, -0.2) is 25.9 Å². The zero-order valence-electron chi connectivity index (χ0n) is 18.4. The van der Waals surface area contributed by atoms with Gasteiger partial charge < -0.3 is 14.9 Å². The average Bonchev–Trinajstić information content (AvgIpc) is 3.41. The molecule has 0 aliphatic heterocycles. The van der Waals surface area contributed by atoms with Gasteiger partial charge in [-0.15, -0.1) is 0 Å². The van der Waals surface area contributed by atoms with Gasteiger partial charge in [-0.1, -0.05) is 51.4 Å². The number of carbonyl (C=O) groups is 1. The van der Waals surface area contributed by atoms with Gasteiger partial charge in [0.1, 0.15) is 12.0 Å². The van der Waals surface area contributed by atoms with Crippen molar-refractivity contribution in [1.82, 2.24) is 19.6 Å². The van der Waals surface area contributed by atoms with E-state index < -0.39 is 0 Å². The molecule has 7 heteroatoms. The smallest absolute Gasteiger partial charge is 0.224 e. The van der Waals surface area contributed by atoms with Crippen molar-refractivity contribution >= 4 is 17.9 Å². The van der Waals surface area contributed by atoms with Gasteiger partial charge in [0.2, 0.25) is 11.8 Å². The molecular weight excluding hydrogens is 390 g/mol. The first-order valence-corrected chi connectivity index (χ1v) is 11.7. The van der Waals surface area contributed by atoms with Gasteiger partial charge in [0, 0.05) is 11.5 Å². The van der Waals surface area contributed by atoms with Crippen LogP contribution in [0.2, 0.25) is 0 Å². The van der Waals surface area contributed by atoms with Crippen LogP contribution in [0.15, 0.2) is 22.7 Å². The van der Waals surface area contributed by atoms with Crippen molar-refractivity contribution in [2.24, 2.45) is 11.8 Å². The Labute approximate surface area is 183 Å². The molecule has 3 aromatic rings. The largest absolute Gasteiger partial charge is 0.458 e. The van der Waals surface area contributed by atoms with Crippen molar-refractivity contribution < 1.29 is 9.21 Å². The minimum Gasteiger partial charge on any atom is -0.458 e. The number of nitrogens with zero attached hydrogens (tertiary/aromatic N) is 4. The first-order valence-electron chi connectivity index (χ1n) is 11.7. The fraction of sp³-hybridized carbons (Fsp3) is 0.583. The summed E-state index contributed by atoms with van der Waals surface area (Å²) in [6.45, 7) is 1.91. The molecule has 0 amide bonds. The number of nitrogens with two attached hydrogens (primary N) is 1. The maximum Gasteiger partial charge on any atom is 0.224 e. The van der Waals surface area contributed by atoms with Gasteiger partial charge in [0.05, 0.1) is 6.20 Å². The molecule has 2 aliphatic carbocycles. The van der Waals surface area contributed by atoms with E-state index >= 15 is 0 Å². The Bertz CT molecular complexity index is 997. The van der Waals surface area contributed by atoms with Crippen molar-refractivity contribution in [2.75, 3.05) is 5.73 Å². The van der Waals surface area contributed by atoms with Crippen LogP contribution in [0, 0.1) is 18.8 Å². The molecule has 0 spiro atoms. The molecular formula is C24H33N5O2. The molecule has 166 valence electrons. The molecule has 2 fully saturated rings. The van der Waals surface area contributed by atoms with Gasteiger partial charge in [-0.3, -0.25) is 0 Å². The highest BCUT2D eigenvalue weighted by Crippen LogP contribution is 2.29. The normalized spacial score (nSPS) is 18.0. The summed E-state index contributed by atoms with van der Waals surface area (Å²) in [6, 6.07) is 3.80. The number of hydrogen-bond acceptors (Lipinski definition) is 6. The monoisotopic (exact) mass is 423 g/mol. The second-order valence-corrected chi connectivity index (χ2v) is 8.96. The highest BCUT2D eigenvalue weighted by Gasteiger charge is 2.20. The van der Waals surface area contributed by atoms with E-state index in [2.05, 4.69) is 15.1 Å². The summed E-state index contributed by atoms with van der Waals surface area (Å²) in [6.07, 6.45) is 16.8. The van der Waals surface area contributed by atoms with Gasteiger partial charge in [-0.2, -0.15) is 19.6 Å². The summed E-state index contributed by atoms with van der Waals surface area (Å²) >= 11 is 0. The van der Waals surface area contributed by atoms with Crippen molar-refractivity contribution in [3.63, 3.8) is 0 Å². The number of anilines is 1. The van der Waals surface area contributed by atoms with Crippen LogP contribution in [0.1, 0.15) is 75.5 Å². The van der Waals surface area contributed by atoms with E-state index in [4.69, 9.17) is 10.2 Å². The topological polar surface area (TPSA) is 99.3 Å². The molecule has 0 aromatic carbocycles. The predicted octanol–water partition coefficient (Wildman–Crippen LogP) is 5.16. The van der Waals surface area contributed by atoms with Crippen molar-refractivity contribution in [2.45, 2.75) is 77.6 Å². The van der Waals surface area contributed by atoms with Gasteiger partial charge >= 0.3 is 0 Å². The Balaban J connectivity index is 0.000000245. The van der Waals surface area contributed by atoms with E-state index in [1.54, 1.807) is 4.52 Å². The molecule has 0 saturated heterocycles. The number of aromatic nitrogens is 4. The van der Waals surface area contributed by atoms with E-state index in [0.29, 0.717) is 17.5 Å². The van der Waals surface area contributed by atoms with Crippen molar-refractivity contribution in [3.8, 4) is 11.6 Å². The fourth-order valence-electron chi connectivity index (χ4n) is 4.77. The lowest BCUT2D eigenvalue weighted by molar-refractivity contribution is -0.111. The van der Waals surface area contributed by atoms with Crippen LogP contribution >= 0.6 is 0 Å². The Kier molecular flexibility index (Phi) is 6.99. The van der Waals surface area contributed by atoms with Crippen LogP contribution in [-0.2, 0) is 11.2 Å². The Morgan fingerprint density at radius 3 is 2.39 bits per heavy atom. The third-order valence-electron chi connectivity index (χ3n) is 6.49. The molecule has 3 heterocycles. The molecule has 2 saturated carbocycles. The van der Waals surface area contributed by atoms with Crippen LogP contribution in [0.3, 0.4) is 0 Å². The maximum absolute atomic E-state index is 10.2. The Morgan fingerprint density at radius 1 is 1.06 bits per heavy atom. The second kappa shape index (κ2) is 10.1. The van der Waals surface area contributed by atoms with Gasteiger partial charge in [-0.05, 0) is 44.2 Å². The van der Waals surface area contributed by atoms with Gasteiger partial charge in [0.15, 0.2) is 11.4 Å². The first kappa shape index (κ1) is 21.5. The lowest BCUT2D eigenvalue weighted by Gasteiger charge is -2.20. The number of nitrogen functional groups attached to an aromatic ring is 1. The van der Waals surface area contributed by atoms with E-state index in [9.17, 15) is 4.79 Å². The molecule has 2 aliphatic rings. The standard InChI is InChI=1S/C17H21N5O.C7H12O/c1-11-7-8-14(23-11)16-21-17(18)20-15-13(10-19-22(15)16)9-12-5-3-2-4-6-12;8-6-7-4-2-1-3-5-7/h7-8,10,12H,2-6,9H2,1H3,(H2,18,20);6-7H,1-5H2. The van der Waals surface area contributed by atoms with Crippen LogP contribution < -0.4 is 5.73 Å². The molecule has 0 unspecified atom stereocenters. The highest BCUT2D eigenvalue weighted by atomic mass is 16.3. The van der Waals surface area contributed by atoms with Crippen LogP contribution in [0.5, 0.6) is 0 Å². The van der Waals surface area contributed by atoms with Crippen LogP contribution in [0.4, 0.5) is 5.95 Å². The summed E-state index contributed by atoms with van der Waals surface area (Å²) < 4.78 is 7.43. The number of fused-ring (bicyclic) bond motifs is 1. The molecule has 0 bridgehead atoms. The third kappa shape index (κ3) is 5.32. The fourth-order valence-corrected chi connectivity index (χ4v) is 4.77. The van der Waals surface area contributed by atoms with Crippen LogP contribution in [0.25, 0.3) is 17.2 Å². The van der Waals surface area contributed by atoms with Crippen molar-refractivity contribution in [1.29, 1.82) is 0 Å². The van der Waals surface area contributed by atoms with E-state index in [-0.39, 0.29) is 5.95 Å². The minimum atomic E-state index is 0.256. The number of hydrogen-bond donors (Lipinski definition) is 1. The molecule has 31 heavy (non-hydrogen) atoms. The maximum atomic E-state index is 10.2. The number of aldehydes is 1. The molecule has 7 nitrogen and oxygen atoms in total. The number of rotatable bonds is 4. The van der Waals surface area contributed by atoms with Crippen molar-refractivity contribution in [3.05, 3.63) is 29.7 Å². The quantitative estimate of drug-likeness (QED) is 0.582. The average molecular weight is 424 g/mol. The highest BCUT2D eigenvalue weighted by molar-refractivity contribution is 5.58. The number of furan rings is 1. The lowest BCUT2D eigenvalue weighted by atomic mass is 9.85. The second-order valence-electron chi connectivity index (χ2n) is 8.96. The summed E-state index contributed by atoms with van der Waals surface area (Å²) in [5, 5.41) is 4.49. The summed E-state index contributed by atoms with van der Waals surface area (Å²) in [7, 11) is 0. The zero-order chi connectivity index (χ0) is 21.6. The van der Waals surface area contributed by atoms with E-state index in [0.717, 1.165) is 48.4 Å². The first-order chi connectivity index (χ1) is 15.1. The minimum absolute atomic E-state index is 0.256. The van der Waals surface area contributed by atoms with E-state index in [1.807, 2.05) is 25.3 Å². The SMILES string of the molecule is Cc1ccc(-c2nc(N)nc3c(CC4CCCCC4)cnn23)o1.O=CC1CCCCC1. The summed E-state index contributed by atoms with van der Waals surface area (Å²) in [5.74, 6) is 3.49. The molecule has 0 atom stereocenters. The molecule has 3 aromatic heterocycles. The Morgan fingerprint density at radius 2 is 1.77 bits per heavy atom. The Hall–Kier alpha value is -2.70. The van der Waals surface area contributed by atoms with Gasteiger partial charge in [0.25, 0.3) is 0 Å². The van der Waals surface area contributed by atoms with Gasteiger partial charge in [-0.25, -0.2) is 0 Å². The predicted molar refractivity (Wildman–Crippen MR) is 121 cm³/mol.